The number of piperidine rings is 1. The van der Waals surface area contributed by atoms with Gasteiger partial charge in [-0.05, 0) is 56.0 Å². The topological polar surface area (TPSA) is 80.8 Å². The lowest BCUT2D eigenvalue weighted by Crippen LogP contribution is -2.46. The number of methoxy groups -OCH3 is 1. The van der Waals surface area contributed by atoms with E-state index in [1.807, 2.05) is 30.0 Å². The van der Waals surface area contributed by atoms with Gasteiger partial charge in [0, 0.05) is 37.9 Å². The van der Waals surface area contributed by atoms with Crippen molar-refractivity contribution in [1.29, 1.82) is 0 Å². The van der Waals surface area contributed by atoms with Crippen molar-refractivity contribution in [2.45, 2.75) is 38.6 Å². The number of ether oxygens (including phenoxy) is 2. The number of pyridine rings is 1. The fourth-order valence-electron chi connectivity index (χ4n) is 3.59. The molecule has 1 aliphatic rings. The smallest absolute Gasteiger partial charge is 0.253 e. The number of rotatable bonds is 8. The van der Waals surface area contributed by atoms with E-state index < -0.39 is 0 Å². The molecule has 0 unspecified atom stereocenters. The summed E-state index contributed by atoms with van der Waals surface area (Å²) < 4.78 is 10.9. The third kappa shape index (κ3) is 5.72. The largest absolute Gasteiger partial charge is 0.493 e. The second-order valence-electron chi connectivity index (χ2n) is 7.29. The van der Waals surface area contributed by atoms with Gasteiger partial charge in [-0.25, -0.2) is 0 Å². The van der Waals surface area contributed by atoms with E-state index in [1.54, 1.807) is 31.6 Å². The Kier molecular flexibility index (Phi) is 7.65. The van der Waals surface area contributed by atoms with Crippen molar-refractivity contribution < 1.29 is 19.1 Å². The molecule has 2 heterocycles. The molecule has 1 aromatic heterocycles. The zero-order chi connectivity index (χ0) is 21.3. The van der Waals surface area contributed by atoms with Crippen LogP contribution in [0.4, 0.5) is 0 Å². The van der Waals surface area contributed by atoms with Crippen LogP contribution >= 0.6 is 0 Å². The Morgan fingerprint density at radius 2 is 2.00 bits per heavy atom. The highest BCUT2D eigenvalue weighted by atomic mass is 16.5. The van der Waals surface area contributed by atoms with Gasteiger partial charge < -0.3 is 19.7 Å². The van der Waals surface area contributed by atoms with Gasteiger partial charge in [0.15, 0.2) is 11.5 Å². The van der Waals surface area contributed by atoms with E-state index in [1.165, 1.54) is 0 Å². The van der Waals surface area contributed by atoms with Crippen LogP contribution in [-0.4, -0.2) is 54.5 Å². The van der Waals surface area contributed by atoms with Gasteiger partial charge in [0.05, 0.1) is 19.3 Å². The summed E-state index contributed by atoms with van der Waals surface area (Å²) in [5.41, 5.74) is 1.60. The molecule has 1 aromatic carbocycles. The van der Waals surface area contributed by atoms with Crippen molar-refractivity contribution in [3.05, 3.63) is 53.9 Å². The molecule has 0 saturated carbocycles. The van der Waals surface area contributed by atoms with Crippen LogP contribution < -0.4 is 14.8 Å². The van der Waals surface area contributed by atoms with Crippen molar-refractivity contribution in [3.8, 4) is 11.5 Å². The van der Waals surface area contributed by atoms with Gasteiger partial charge in [0.1, 0.15) is 0 Å². The van der Waals surface area contributed by atoms with E-state index in [-0.39, 0.29) is 17.9 Å². The third-order valence-electron chi connectivity index (χ3n) is 5.26. The number of carbonyl (C=O) groups excluding carboxylic acids is 2. The molecule has 1 fully saturated rings. The molecule has 0 bridgehead atoms. The zero-order valence-corrected chi connectivity index (χ0v) is 17.6. The molecule has 0 radical (unpaired) electrons. The maximum atomic E-state index is 12.6. The minimum Gasteiger partial charge on any atom is -0.493 e. The van der Waals surface area contributed by atoms with E-state index in [9.17, 15) is 9.59 Å². The van der Waals surface area contributed by atoms with Crippen LogP contribution in [0.1, 0.15) is 42.1 Å². The summed E-state index contributed by atoms with van der Waals surface area (Å²) in [7, 11) is 1.62. The number of nitrogens with zero attached hydrogens (tertiary/aromatic N) is 2. The van der Waals surface area contributed by atoms with Crippen molar-refractivity contribution in [1.82, 2.24) is 15.2 Å². The van der Waals surface area contributed by atoms with Gasteiger partial charge >= 0.3 is 0 Å². The molecular weight excluding hydrogens is 382 g/mol. The summed E-state index contributed by atoms with van der Waals surface area (Å²) in [5.74, 6) is 1.43. The molecule has 0 spiro atoms. The summed E-state index contributed by atoms with van der Waals surface area (Å²) in [6.45, 7) is 3.82. The highest BCUT2D eigenvalue weighted by molar-refractivity contribution is 5.94. The summed E-state index contributed by atoms with van der Waals surface area (Å²) in [6, 6.07) is 9.36. The lowest BCUT2D eigenvalue weighted by Gasteiger charge is -2.32. The third-order valence-corrected chi connectivity index (χ3v) is 5.26. The number of nitrogens with one attached hydrogen (secondary N) is 1. The van der Waals surface area contributed by atoms with Crippen LogP contribution in [0.25, 0.3) is 0 Å². The van der Waals surface area contributed by atoms with Crippen molar-refractivity contribution in [2.24, 2.45) is 0 Å². The van der Waals surface area contributed by atoms with Crippen LogP contribution in [0, 0.1) is 0 Å². The van der Waals surface area contributed by atoms with Crippen molar-refractivity contribution in [2.75, 3.05) is 26.8 Å². The van der Waals surface area contributed by atoms with Crippen LogP contribution in [-0.2, 0) is 11.2 Å². The van der Waals surface area contributed by atoms with Crippen molar-refractivity contribution in [3.63, 3.8) is 0 Å². The average molecular weight is 412 g/mol. The first kappa shape index (κ1) is 21.6. The van der Waals surface area contributed by atoms with Crippen LogP contribution in [0.15, 0.2) is 42.7 Å². The lowest BCUT2D eigenvalue weighted by molar-refractivity contribution is -0.132. The quantitative estimate of drug-likeness (QED) is 0.722. The van der Waals surface area contributed by atoms with Gasteiger partial charge in [-0.1, -0.05) is 6.07 Å². The number of likely N-dealkylation sites (tertiary alicyclic amines) is 1. The van der Waals surface area contributed by atoms with Gasteiger partial charge in [0.25, 0.3) is 5.91 Å². The maximum absolute atomic E-state index is 12.6. The van der Waals surface area contributed by atoms with E-state index in [2.05, 4.69) is 10.3 Å². The molecule has 160 valence electrons. The average Bonchev–Trinajstić information content (AvgIpc) is 2.79. The van der Waals surface area contributed by atoms with Crippen LogP contribution in [0.5, 0.6) is 11.5 Å². The second-order valence-corrected chi connectivity index (χ2v) is 7.29. The Hall–Kier alpha value is -3.09. The summed E-state index contributed by atoms with van der Waals surface area (Å²) in [6.07, 6.45) is 5.82. The molecule has 30 heavy (non-hydrogen) atoms. The number of amides is 2. The summed E-state index contributed by atoms with van der Waals surface area (Å²) in [4.78, 5) is 30.7. The Balaban J connectivity index is 1.45. The Bertz CT molecular complexity index is 849. The molecular formula is C23H29N3O4. The summed E-state index contributed by atoms with van der Waals surface area (Å²) in [5, 5.41) is 3.04. The Labute approximate surface area is 177 Å². The normalized spacial score (nSPS) is 14.3. The highest BCUT2D eigenvalue weighted by Crippen LogP contribution is 2.28. The second kappa shape index (κ2) is 10.6. The Morgan fingerprint density at radius 1 is 1.20 bits per heavy atom. The first-order chi connectivity index (χ1) is 14.6. The molecule has 3 rings (SSSR count). The molecule has 0 aliphatic carbocycles. The molecule has 1 saturated heterocycles. The number of benzene rings is 1. The Morgan fingerprint density at radius 3 is 2.67 bits per heavy atom. The monoisotopic (exact) mass is 411 g/mol. The molecule has 2 aromatic rings. The van der Waals surface area contributed by atoms with Gasteiger partial charge in [-0.2, -0.15) is 0 Å². The fraction of sp³-hybridized carbons (Fsp3) is 0.435. The number of hydrogen-bond donors (Lipinski definition) is 1. The molecule has 2 amide bonds. The summed E-state index contributed by atoms with van der Waals surface area (Å²) >= 11 is 0. The molecule has 7 heteroatoms. The van der Waals surface area contributed by atoms with E-state index in [0.29, 0.717) is 49.6 Å². The van der Waals surface area contributed by atoms with Gasteiger partial charge in [-0.3, -0.25) is 14.6 Å². The number of hydrogen-bond acceptors (Lipinski definition) is 5. The molecule has 1 aliphatic heterocycles. The van der Waals surface area contributed by atoms with Gasteiger partial charge in [0.2, 0.25) is 5.91 Å². The zero-order valence-electron chi connectivity index (χ0n) is 17.6. The van der Waals surface area contributed by atoms with E-state index in [0.717, 1.165) is 18.4 Å². The minimum atomic E-state index is -0.114. The SMILES string of the molecule is CCOc1ccc(CCC(=O)N2CCC(NC(=O)c3cccnc3)CC2)cc1OC. The molecule has 7 nitrogen and oxygen atoms in total. The fourth-order valence-corrected chi connectivity index (χ4v) is 3.59. The van der Waals surface area contributed by atoms with E-state index in [4.69, 9.17) is 9.47 Å². The predicted molar refractivity (Wildman–Crippen MR) is 114 cm³/mol. The standard InChI is InChI=1S/C23H29N3O4/c1-3-30-20-8-6-17(15-21(20)29-2)7-9-22(27)26-13-10-19(11-14-26)25-23(28)18-5-4-12-24-16-18/h4-6,8,12,15-16,19H,3,7,9-11,13-14H2,1-2H3,(H,25,28). The number of aromatic nitrogens is 1. The number of carbonyl (C=O) groups is 2. The van der Waals surface area contributed by atoms with Crippen molar-refractivity contribution >= 4 is 11.8 Å². The predicted octanol–water partition coefficient (Wildman–Crippen LogP) is 2.84. The van der Waals surface area contributed by atoms with Gasteiger partial charge in [-0.15, -0.1) is 0 Å². The molecule has 1 N–H and O–H groups in total. The lowest BCUT2D eigenvalue weighted by atomic mass is 10.0. The van der Waals surface area contributed by atoms with Crippen LogP contribution in [0.2, 0.25) is 0 Å². The minimum absolute atomic E-state index is 0.0807. The first-order valence-electron chi connectivity index (χ1n) is 10.4. The highest BCUT2D eigenvalue weighted by Gasteiger charge is 2.24. The molecule has 0 atom stereocenters. The number of aryl methyl sites for hydroxylation is 1. The van der Waals surface area contributed by atoms with Crippen LogP contribution in [0.3, 0.4) is 0 Å². The maximum Gasteiger partial charge on any atom is 0.253 e. The first-order valence-corrected chi connectivity index (χ1v) is 10.4. The van der Waals surface area contributed by atoms with E-state index >= 15 is 0 Å².